The zero-order valence-corrected chi connectivity index (χ0v) is 10.8. The second-order valence-corrected chi connectivity index (χ2v) is 4.16. The molecule has 16 heavy (non-hydrogen) atoms. The second kappa shape index (κ2) is 5.87. The van der Waals surface area contributed by atoms with Crippen LogP contribution in [0.25, 0.3) is 0 Å². The van der Waals surface area contributed by atoms with Crippen molar-refractivity contribution in [1.29, 1.82) is 0 Å². The molecule has 1 aromatic rings. The molecule has 1 aromatic carbocycles. The van der Waals surface area contributed by atoms with E-state index in [1.807, 2.05) is 0 Å². The third-order valence-corrected chi connectivity index (χ3v) is 2.74. The molecule has 0 bridgehead atoms. The van der Waals surface area contributed by atoms with Crippen LogP contribution in [0.15, 0.2) is 12.1 Å². The predicted octanol–water partition coefficient (Wildman–Crippen LogP) is 2.78. The monoisotopic (exact) mass is 223 g/mol. The van der Waals surface area contributed by atoms with Crippen molar-refractivity contribution in [2.45, 2.75) is 33.2 Å². The number of ether oxygens (including phenoxy) is 1. The van der Waals surface area contributed by atoms with Crippen LogP contribution in [-0.2, 0) is 11.4 Å². The highest BCUT2D eigenvalue weighted by Crippen LogP contribution is 2.32. The van der Waals surface area contributed by atoms with Gasteiger partial charge >= 0.3 is 0 Å². The lowest BCUT2D eigenvalue weighted by molar-refractivity contribution is 0.0859. The zero-order chi connectivity index (χ0) is 12.1. The van der Waals surface area contributed by atoms with E-state index < -0.39 is 0 Å². The number of methoxy groups -OCH3 is 1. The first-order valence-corrected chi connectivity index (χ1v) is 5.54. The average Bonchev–Trinajstić information content (AvgIpc) is 2.26. The van der Waals surface area contributed by atoms with E-state index in [0.717, 1.165) is 11.3 Å². The Hall–Kier alpha value is -1.06. The topological polar surface area (TPSA) is 30.5 Å². The van der Waals surface area contributed by atoms with E-state index in [9.17, 15) is 0 Å². The lowest BCUT2D eigenvalue weighted by atomic mass is 9.96. The van der Waals surface area contributed by atoms with Crippen molar-refractivity contribution in [3.8, 4) is 5.75 Å². The van der Waals surface area contributed by atoms with Crippen molar-refractivity contribution in [3.05, 3.63) is 28.8 Å². The van der Waals surface area contributed by atoms with Gasteiger partial charge in [-0.3, -0.25) is 0 Å². The van der Waals surface area contributed by atoms with Crippen LogP contribution in [0.4, 0.5) is 0 Å². The Labute approximate surface area is 97.7 Å². The van der Waals surface area contributed by atoms with Crippen LogP contribution in [0, 0.1) is 6.92 Å². The van der Waals surface area contributed by atoms with Gasteiger partial charge in [0.2, 0.25) is 0 Å². The van der Waals surface area contributed by atoms with Gasteiger partial charge in [0, 0.05) is 12.1 Å². The molecule has 0 aliphatic rings. The molecule has 0 saturated carbocycles. The van der Waals surface area contributed by atoms with Gasteiger partial charge in [0.05, 0.1) is 14.2 Å². The smallest absolute Gasteiger partial charge is 0.127 e. The first-order chi connectivity index (χ1) is 7.61. The van der Waals surface area contributed by atoms with Crippen LogP contribution in [0.5, 0.6) is 5.75 Å². The molecule has 0 aliphatic carbocycles. The van der Waals surface area contributed by atoms with Crippen molar-refractivity contribution in [2.24, 2.45) is 0 Å². The minimum Gasteiger partial charge on any atom is -0.496 e. The van der Waals surface area contributed by atoms with Crippen LogP contribution >= 0.6 is 0 Å². The van der Waals surface area contributed by atoms with Gasteiger partial charge in [0.1, 0.15) is 5.75 Å². The molecular weight excluding hydrogens is 202 g/mol. The maximum Gasteiger partial charge on any atom is 0.127 e. The number of hydrogen-bond donors (Lipinski definition) is 1. The minimum absolute atomic E-state index is 0.455. The molecule has 90 valence electrons. The van der Waals surface area contributed by atoms with E-state index in [1.165, 1.54) is 11.1 Å². The molecule has 0 radical (unpaired) electrons. The number of rotatable bonds is 5. The predicted molar refractivity (Wildman–Crippen MR) is 65.7 cm³/mol. The highest BCUT2D eigenvalue weighted by atomic mass is 16.6. The van der Waals surface area contributed by atoms with Crippen molar-refractivity contribution >= 4 is 0 Å². The summed E-state index contributed by atoms with van der Waals surface area (Å²) in [5.41, 5.74) is 6.48. The highest BCUT2D eigenvalue weighted by molar-refractivity contribution is 5.47. The zero-order valence-electron chi connectivity index (χ0n) is 10.8. The van der Waals surface area contributed by atoms with Gasteiger partial charge in [-0.2, -0.15) is 5.48 Å². The average molecular weight is 223 g/mol. The third-order valence-electron chi connectivity index (χ3n) is 2.74. The second-order valence-electron chi connectivity index (χ2n) is 4.16. The first-order valence-electron chi connectivity index (χ1n) is 5.54. The summed E-state index contributed by atoms with van der Waals surface area (Å²) >= 11 is 0. The van der Waals surface area contributed by atoms with Crippen LogP contribution in [0.3, 0.4) is 0 Å². The molecule has 0 heterocycles. The van der Waals surface area contributed by atoms with Gasteiger partial charge < -0.3 is 9.57 Å². The van der Waals surface area contributed by atoms with E-state index >= 15 is 0 Å². The van der Waals surface area contributed by atoms with Crippen molar-refractivity contribution in [2.75, 3.05) is 14.2 Å². The van der Waals surface area contributed by atoms with E-state index in [-0.39, 0.29) is 0 Å². The summed E-state index contributed by atoms with van der Waals surface area (Å²) in [6.07, 6.45) is 0. The Morgan fingerprint density at radius 3 is 2.44 bits per heavy atom. The SMILES string of the molecule is CONCc1c(C)ccc(C(C)C)c1OC. The van der Waals surface area contributed by atoms with Gasteiger partial charge in [-0.25, -0.2) is 0 Å². The summed E-state index contributed by atoms with van der Waals surface area (Å²) in [4.78, 5) is 4.90. The largest absolute Gasteiger partial charge is 0.496 e. The molecule has 1 rings (SSSR count). The fourth-order valence-electron chi connectivity index (χ4n) is 1.80. The molecular formula is C13H21NO2. The van der Waals surface area contributed by atoms with Gasteiger partial charge in [-0.1, -0.05) is 26.0 Å². The lowest BCUT2D eigenvalue weighted by Gasteiger charge is -2.18. The van der Waals surface area contributed by atoms with Gasteiger partial charge in [0.15, 0.2) is 0 Å². The van der Waals surface area contributed by atoms with Crippen LogP contribution < -0.4 is 10.2 Å². The van der Waals surface area contributed by atoms with Crippen molar-refractivity contribution in [1.82, 2.24) is 5.48 Å². The molecule has 0 amide bonds. The van der Waals surface area contributed by atoms with Gasteiger partial charge in [-0.05, 0) is 24.0 Å². The number of nitrogens with one attached hydrogen (secondary N) is 1. The van der Waals surface area contributed by atoms with Gasteiger partial charge in [0.25, 0.3) is 0 Å². The van der Waals surface area contributed by atoms with Crippen LogP contribution in [0.2, 0.25) is 0 Å². The fraction of sp³-hybridized carbons (Fsp3) is 0.538. The van der Waals surface area contributed by atoms with Crippen LogP contribution in [0.1, 0.15) is 36.5 Å². The summed E-state index contributed by atoms with van der Waals surface area (Å²) in [7, 11) is 3.34. The molecule has 3 heteroatoms. The molecule has 3 nitrogen and oxygen atoms in total. The molecule has 0 saturated heterocycles. The van der Waals surface area contributed by atoms with Crippen LogP contribution in [-0.4, -0.2) is 14.2 Å². The Balaban J connectivity index is 3.16. The number of hydrogen-bond acceptors (Lipinski definition) is 3. The summed E-state index contributed by atoms with van der Waals surface area (Å²) in [5.74, 6) is 1.43. The summed E-state index contributed by atoms with van der Waals surface area (Å²) in [5, 5.41) is 0. The summed E-state index contributed by atoms with van der Waals surface area (Å²) < 4.78 is 5.52. The molecule has 1 N–H and O–H groups in total. The lowest BCUT2D eigenvalue weighted by Crippen LogP contribution is -2.13. The third kappa shape index (κ3) is 2.74. The van der Waals surface area contributed by atoms with E-state index in [2.05, 4.69) is 38.4 Å². The normalized spacial score (nSPS) is 10.9. The Morgan fingerprint density at radius 1 is 1.25 bits per heavy atom. The maximum absolute atomic E-state index is 5.52. The molecule has 0 aliphatic heterocycles. The van der Waals surface area contributed by atoms with E-state index in [1.54, 1.807) is 14.2 Å². The molecule has 0 aromatic heterocycles. The van der Waals surface area contributed by atoms with Crippen molar-refractivity contribution < 1.29 is 9.57 Å². The standard InChI is InChI=1S/C13H21NO2/c1-9(2)11-7-6-10(3)12(8-14-16-5)13(11)15-4/h6-7,9,14H,8H2,1-5H3. The number of aryl methyl sites for hydroxylation is 1. The summed E-state index contributed by atoms with van der Waals surface area (Å²) in [6, 6.07) is 4.26. The highest BCUT2D eigenvalue weighted by Gasteiger charge is 2.13. The molecule has 0 atom stereocenters. The van der Waals surface area contributed by atoms with E-state index in [0.29, 0.717) is 12.5 Å². The Bertz CT molecular complexity index is 348. The van der Waals surface area contributed by atoms with E-state index in [4.69, 9.17) is 9.57 Å². The molecule has 0 unspecified atom stereocenters. The Morgan fingerprint density at radius 2 is 1.94 bits per heavy atom. The fourth-order valence-corrected chi connectivity index (χ4v) is 1.80. The summed E-state index contributed by atoms with van der Waals surface area (Å²) in [6.45, 7) is 7.08. The van der Waals surface area contributed by atoms with Gasteiger partial charge in [-0.15, -0.1) is 0 Å². The van der Waals surface area contributed by atoms with Crippen molar-refractivity contribution in [3.63, 3.8) is 0 Å². The molecule has 0 fully saturated rings. The number of benzene rings is 1. The first kappa shape index (κ1) is 13.0. The quantitative estimate of drug-likeness (QED) is 0.779. The Kier molecular flexibility index (Phi) is 4.77. The maximum atomic E-state index is 5.52. The molecule has 0 spiro atoms. The number of hydroxylamine groups is 1. The minimum atomic E-state index is 0.455.